The van der Waals surface area contributed by atoms with Gasteiger partial charge in [0.05, 0.1) is 13.2 Å². The summed E-state index contributed by atoms with van der Waals surface area (Å²) in [7, 11) is 0. The van der Waals surface area contributed by atoms with Crippen LogP contribution in [-0.2, 0) is 14.3 Å². The van der Waals surface area contributed by atoms with Crippen LogP contribution in [0.15, 0.2) is 30.3 Å². The van der Waals surface area contributed by atoms with Gasteiger partial charge in [0.2, 0.25) is 0 Å². The highest BCUT2D eigenvalue weighted by molar-refractivity contribution is 5.84. The molecule has 1 aromatic carbocycles. The summed E-state index contributed by atoms with van der Waals surface area (Å²) in [5.41, 5.74) is 0.200. The van der Waals surface area contributed by atoms with Gasteiger partial charge >= 0.3 is 5.97 Å². The molecule has 1 aliphatic heterocycles. The van der Waals surface area contributed by atoms with Crippen LogP contribution >= 0.6 is 0 Å². The zero-order chi connectivity index (χ0) is 15.5. The number of rotatable bonds is 7. The zero-order valence-corrected chi connectivity index (χ0v) is 13.5. The third kappa shape index (κ3) is 2.71. The van der Waals surface area contributed by atoms with Crippen molar-refractivity contribution in [3.05, 3.63) is 35.9 Å². The standard InChI is InChI=1S/C18H26O3/c1-5-12-20-16(19)18(13-21-18)17(4,6-2)14(3)15-10-8-7-9-11-15/h7-11,14H,5-6,12-13H2,1-4H3. The van der Waals surface area contributed by atoms with Crippen LogP contribution in [0.5, 0.6) is 0 Å². The van der Waals surface area contributed by atoms with Crippen molar-refractivity contribution in [1.29, 1.82) is 0 Å². The average molecular weight is 290 g/mol. The van der Waals surface area contributed by atoms with Gasteiger partial charge in [0, 0.05) is 5.41 Å². The molecule has 0 saturated carbocycles. The maximum absolute atomic E-state index is 12.5. The van der Waals surface area contributed by atoms with E-state index in [1.54, 1.807) is 0 Å². The van der Waals surface area contributed by atoms with E-state index in [4.69, 9.17) is 9.47 Å². The van der Waals surface area contributed by atoms with Crippen LogP contribution in [0.1, 0.15) is 52.0 Å². The monoisotopic (exact) mass is 290 g/mol. The van der Waals surface area contributed by atoms with Gasteiger partial charge in [0.1, 0.15) is 0 Å². The molecular formula is C18H26O3. The Labute approximate surface area is 127 Å². The highest BCUT2D eigenvalue weighted by atomic mass is 16.6. The first-order valence-corrected chi connectivity index (χ1v) is 7.88. The molecule has 3 unspecified atom stereocenters. The molecular weight excluding hydrogens is 264 g/mol. The summed E-state index contributed by atoms with van der Waals surface area (Å²) < 4.78 is 11.1. The third-order valence-electron chi connectivity index (χ3n) is 5.11. The van der Waals surface area contributed by atoms with E-state index >= 15 is 0 Å². The van der Waals surface area contributed by atoms with Crippen molar-refractivity contribution < 1.29 is 14.3 Å². The van der Waals surface area contributed by atoms with Crippen LogP contribution in [0.3, 0.4) is 0 Å². The van der Waals surface area contributed by atoms with E-state index in [9.17, 15) is 4.79 Å². The van der Waals surface area contributed by atoms with Gasteiger partial charge in [0.25, 0.3) is 0 Å². The maximum Gasteiger partial charge on any atom is 0.341 e. The highest BCUT2D eigenvalue weighted by Crippen LogP contribution is 2.55. The number of esters is 1. The molecule has 3 heteroatoms. The van der Waals surface area contributed by atoms with Crippen molar-refractivity contribution in [3.8, 4) is 0 Å². The van der Waals surface area contributed by atoms with Crippen molar-refractivity contribution in [3.63, 3.8) is 0 Å². The van der Waals surface area contributed by atoms with E-state index in [0.717, 1.165) is 12.8 Å². The molecule has 0 spiro atoms. The fourth-order valence-electron chi connectivity index (χ4n) is 3.12. The number of benzene rings is 1. The third-order valence-corrected chi connectivity index (χ3v) is 5.11. The predicted molar refractivity (Wildman–Crippen MR) is 83.2 cm³/mol. The summed E-state index contributed by atoms with van der Waals surface area (Å²) in [5, 5.41) is 0. The molecule has 0 amide bonds. The van der Waals surface area contributed by atoms with E-state index in [2.05, 4.69) is 32.9 Å². The number of hydrogen-bond acceptors (Lipinski definition) is 3. The van der Waals surface area contributed by atoms with E-state index in [0.29, 0.717) is 13.2 Å². The van der Waals surface area contributed by atoms with Crippen LogP contribution < -0.4 is 0 Å². The van der Waals surface area contributed by atoms with Crippen LogP contribution in [0.25, 0.3) is 0 Å². The van der Waals surface area contributed by atoms with E-state index in [1.807, 2.05) is 25.1 Å². The number of epoxide rings is 1. The van der Waals surface area contributed by atoms with Crippen molar-refractivity contribution >= 4 is 5.97 Å². The molecule has 0 N–H and O–H groups in total. The summed E-state index contributed by atoms with van der Waals surface area (Å²) in [4.78, 5) is 12.5. The normalized spacial score (nSPS) is 25.0. The van der Waals surface area contributed by atoms with Crippen LogP contribution in [0.4, 0.5) is 0 Å². The fraction of sp³-hybridized carbons (Fsp3) is 0.611. The first kappa shape index (κ1) is 16.0. The minimum absolute atomic E-state index is 0.198. The SMILES string of the molecule is CCCOC(=O)C1(C(C)(CC)C(C)c2ccccc2)CO1. The second-order valence-corrected chi connectivity index (χ2v) is 6.16. The number of carbonyl (C=O) groups is 1. The topological polar surface area (TPSA) is 38.8 Å². The Balaban J connectivity index is 2.26. The largest absolute Gasteiger partial charge is 0.463 e. The molecule has 1 aliphatic rings. The molecule has 1 aromatic rings. The summed E-state index contributed by atoms with van der Waals surface area (Å²) in [6, 6.07) is 10.3. The smallest absolute Gasteiger partial charge is 0.341 e. The van der Waals surface area contributed by atoms with E-state index in [-0.39, 0.29) is 17.3 Å². The number of hydrogen-bond donors (Lipinski definition) is 0. The maximum atomic E-state index is 12.5. The minimum Gasteiger partial charge on any atom is -0.463 e. The molecule has 0 aromatic heterocycles. The average Bonchev–Trinajstić information content (AvgIpc) is 3.34. The van der Waals surface area contributed by atoms with Gasteiger partial charge in [-0.25, -0.2) is 4.79 Å². The van der Waals surface area contributed by atoms with Crippen molar-refractivity contribution in [2.75, 3.05) is 13.2 Å². The van der Waals surface area contributed by atoms with Crippen LogP contribution in [-0.4, -0.2) is 24.8 Å². The molecule has 0 bridgehead atoms. The molecule has 116 valence electrons. The lowest BCUT2D eigenvalue weighted by Crippen LogP contribution is -2.46. The Hall–Kier alpha value is -1.35. The molecule has 1 heterocycles. The number of ether oxygens (including phenoxy) is 2. The van der Waals surface area contributed by atoms with Gasteiger partial charge in [-0.2, -0.15) is 0 Å². The van der Waals surface area contributed by atoms with Crippen molar-refractivity contribution in [2.24, 2.45) is 5.41 Å². The Morgan fingerprint density at radius 3 is 2.48 bits per heavy atom. The van der Waals surface area contributed by atoms with Crippen LogP contribution in [0, 0.1) is 5.41 Å². The lowest BCUT2D eigenvalue weighted by molar-refractivity contribution is -0.156. The van der Waals surface area contributed by atoms with Crippen molar-refractivity contribution in [1.82, 2.24) is 0 Å². The second kappa shape index (κ2) is 6.18. The minimum atomic E-state index is -0.772. The fourth-order valence-corrected chi connectivity index (χ4v) is 3.12. The van der Waals surface area contributed by atoms with Gasteiger partial charge in [-0.3, -0.25) is 0 Å². The highest BCUT2D eigenvalue weighted by Gasteiger charge is 2.66. The van der Waals surface area contributed by atoms with Gasteiger partial charge in [-0.15, -0.1) is 0 Å². The quantitative estimate of drug-likeness (QED) is 0.564. The Morgan fingerprint density at radius 1 is 1.38 bits per heavy atom. The summed E-state index contributed by atoms with van der Waals surface area (Å²) in [6.07, 6.45) is 1.70. The lowest BCUT2D eigenvalue weighted by Gasteiger charge is -2.39. The van der Waals surface area contributed by atoms with Gasteiger partial charge < -0.3 is 9.47 Å². The summed E-state index contributed by atoms with van der Waals surface area (Å²) in [5.74, 6) is 0.0249. The number of carbonyl (C=O) groups excluding carboxylic acids is 1. The van der Waals surface area contributed by atoms with Gasteiger partial charge in [-0.05, 0) is 24.3 Å². The zero-order valence-electron chi connectivity index (χ0n) is 13.5. The molecule has 3 nitrogen and oxygen atoms in total. The molecule has 0 aliphatic carbocycles. The van der Waals surface area contributed by atoms with E-state index in [1.165, 1.54) is 5.56 Å². The molecule has 21 heavy (non-hydrogen) atoms. The van der Waals surface area contributed by atoms with E-state index < -0.39 is 5.60 Å². The van der Waals surface area contributed by atoms with Crippen molar-refractivity contribution in [2.45, 2.75) is 52.1 Å². The first-order chi connectivity index (χ1) is 10.0. The predicted octanol–water partition coefficient (Wildman–Crippen LogP) is 3.93. The Bertz CT molecular complexity index is 478. The second-order valence-electron chi connectivity index (χ2n) is 6.16. The summed E-state index contributed by atoms with van der Waals surface area (Å²) in [6.45, 7) is 9.37. The van der Waals surface area contributed by atoms with Crippen LogP contribution in [0.2, 0.25) is 0 Å². The Morgan fingerprint density at radius 2 is 2.00 bits per heavy atom. The molecule has 2 rings (SSSR count). The Kier molecular flexibility index (Phi) is 4.72. The molecule has 1 fully saturated rings. The van der Waals surface area contributed by atoms with Gasteiger partial charge in [0.15, 0.2) is 5.60 Å². The van der Waals surface area contributed by atoms with Gasteiger partial charge in [-0.1, -0.05) is 58.0 Å². The lowest BCUT2D eigenvalue weighted by atomic mass is 9.64. The summed E-state index contributed by atoms with van der Waals surface area (Å²) >= 11 is 0. The molecule has 1 saturated heterocycles. The molecule has 3 atom stereocenters. The first-order valence-electron chi connectivity index (χ1n) is 7.88. The molecule has 0 radical (unpaired) electrons.